The number of aromatic nitrogens is 2. The number of nitrogens with one attached hydrogen (secondary N) is 1. The van der Waals surface area contributed by atoms with E-state index in [9.17, 15) is 0 Å². The van der Waals surface area contributed by atoms with Crippen LogP contribution in [0, 0.1) is 0 Å². The van der Waals surface area contributed by atoms with Gasteiger partial charge >= 0.3 is 0 Å². The van der Waals surface area contributed by atoms with Crippen molar-refractivity contribution < 1.29 is 0 Å². The van der Waals surface area contributed by atoms with Gasteiger partial charge < -0.3 is 10.2 Å². The third kappa shape index (κ3) is 6.76. The Hall–Kier alpha value is -0.650. The van der Waals surface area contributed by atoms with E-state index < -0.39 is 0 Å². The first-order valence-electron chi connectivity index (χ1n) is 5.54. The zero-order valence-corrected chi connectivity index (χ0v) is 10.8. The zero-order chi connectivity index (χ0) is 11.6. The van der Waals surface area contributed by atoms with Gasteiger partial charge in [0.15, 0.2) is 5.16 Å². The number of rotatable bonds is 8. The Kier molecular flexibility index (Phi) is 7.12. The fourth-order valence-corrected chi connectivity index (χ4v) is 1.92. The van der Waals surface area contributed by atoms with Crippen molar-refractivity contribution in [2.75, 3.05) is 39.5 Å². The van der Waals surface area contributed by atoms with Gasteiger partial charge in [-0.3, -0.25) is 0 Å². The molecular weight excluding hydrogens is 220 g/mol. The predicted octanol–water partition coefficient (Wildman–Crippen LogP) is 1.11. The minimum atomic E-state index is 0.859. The van der Waals surface area contributed by atoms with Gasteiger partial charge in [0.05, 0.1) is 0 Å². The molecule has 1 rings (SSSR count). The van der Waals surface area contributed by atoms with Crippen LogP contribution in [0.25, 0.3) is 0 Å². The van der Waals surface area contributed by atoms with Crippen LogP contribution in [-0.4, -0.2) is 54.4 Å². The molecule has 0 fully saturated rings. The molecule has 0 aromatic carbocycles. The van der Waals surface area contributed by atoms with Crippen LogP contribution in [-0.2, 0) is 0 Å². The van der Waals surface area contributed by atoms with E-state index in [1.54, 1.807) is 24.2 Å². The summed E-state index contributed by atoms with van der Waals surface area (Å²) in [6.45, 7) is 3.23. The van der Waals surface area contributed by atoms with Crippen molar-refractivity contribution in [3.8, 4) is 0 Å². The number of hydrogen-bond donors (Lipinski definition) is 1. The third-order valence-electron chi connectivity index (χ3n) is 2.01. The van der Waals surface area contributed by atoms with Gasteiger partial charge in [0.1, 0.15) is 0 Å². The standard InChI is InChI=1S/C11H20N4S/c1-15(2)9-4-5-12-8-10-16-11-13-6-3-7-14-11/h3,6-7,12H,4-5,8-10H2,1-2H3. The summed E-state index contributed by atoms with van der Waals surface area (Å²) in [6, 6.07) is 1.84. The average molecular weight is 240 g/mol. The summed E-state index contributed by atoms with van der Waals surface area (Å²) in [5.41, 5.74) is 0. The Morgan fingerprint density at radius 3 is 2.69 bits per heavy atom. The number of nitrogens with zero attached hydrogens (tertiary/aromatic N) is 3. The summed E-state index contributed by atoms with van der Waals surface area (Å²) in [5, 5.41) is 4.27. The molecule has 0 bridgehead atoms. The van der Waals surface area contributed by atoms with Gasteiger partial charge in [-0.05, 0) is 39.7 Å². The topological polar surface area (TPSA) is 41.0 Å². The van der Waals surface area contributed by atoms with E-state index in [1.165, 1.54) is 6.42 Å². The smallest absolute Gasteiger partial charge is 0.187 e. The van der Waals surface area contributed by atoms with Crippen molar-refractivity contribution in [3.63, 3.8) is 0 Å². The summed E-state index contributed by atoms with van der Waals surface area (Å²) >= 11 is 1.69. The highest BCUT2D eigenvalue weighted by Crippen LogP contribution is 2.08. The van der Waals surface area contributed by atoms with Crippen LogP contribution in [0.15, 0.2) is 23.6 Å². The summed E-state index contributed by atoms with van der Waals surface area (Å²) in [6.07, 6.45) is 4.75. The highest BCUT2D eigenvalue weighted by Gasteiger charge is 1.95. The lowest BCUT2D eigenvalue weighted by molar-refractivity contribution is 0.396. The molecule has 1 heterocycles. The molecule has 5 heteroatoms. The summed E-state index contributed by atoms with van der Waals surface area (Å²) < 4.78 is 0. The Labute approximate surface area is 102 Å². The zero-order valence-electron chi connectivity index (χ0n) is 10.0. The molecule has 1 N–H and O–H groups in total. The fraction of sp³-hybridized carbons (Fsp3) is 0.636. The maximum absolute atomic E-state index is 4.15. The maximum atomic E-state index is 4.15. The summed E-state index contributed by atoms with van der Waals surface area (Å²) in [5.74, 6) is 1.02. The lowest BCUT2D eigenvalue weighted by Crippen LogP contribution is -2.23. The fourth-order valence-electron chi connectivity index (χ4n) is 1.22. The van der Waals surface area contributed by atoms with Gasteiger partial charge in [0, 0.05) is 24.7 Å². The highest BCUT2D eigenvalue weighted by atomic mass is 32.2. The third-order valence-corrected chi connectivity index (χ3v) is 2.89. The van der Waals surface area contributed by atoms with Gasteiger partial charge in [-0.25, -0.2) is 9.97 Å². The van der Waals surface area contributed by atoms with E-state index in [0.29, 0.717) is 0 Å². The second-order valence-electron chi connectivity index (χ2n) is 3.79. The first-order valence-corrected chi connectivity index (χ1v) is 6.53. The highest BCUT2D eigenvalue weighted by molar-refractivity contribution is 7.99. The molecule has 0 aliphatic heterocycles. The second-order valence-corrected chi connectivity index (χ2v) is 4.85. The lowest BCUT2D eigenvalue weighted by atomic mass is 10.4. The molecule has 1 aromatic heterocycles. The van der Waals surface area contributed by atoms with Crippen LogP contribution in [0.5, 0.6) is 0 Å². The lowest BCUT2D eigenvalue weighted by Gasteiger charge is -2.09. The Bertz CT molecular complexity index is 266. The molecule has 0 saturated heterocycles. The van der Waals surface area contributed by atoms with Gasteiger partial charge in [-0.2, -0.15) is 0 Å². The molecule has 0 aliphatic rings. The minimum absolute atomic E-state index is 0.859. The molecule has 16 heavy (non-hydrogen) atoms. The van der Waals surface area contributed by atoms with E-state index in [2.05, 4.69) is 34.3 Å². The number of hydrogen-bond acceptors (Lipinski definition) is 5. The molecule has 0 amide bonds. The number of thioether (sulfide) groups is 1. The molecule has 0 saturated carbocycles. The molecule has 0 aliphatic carbocycles. The Morgan fingerprint density at radius 1 is 1.25 bits per heavy atom. The molecule has 4 nitrogen and oxygen atoms in total. The van der Waals surface area contributed by atoms with E-state index in [1.807, 2.05) is 6.07 Å². The van der Waals surface area contributed by atoms with Crippen molar-refractivity contribution in [1.82, 2.24) is 20.2 Å². The summed E-state index contributed by atoms with van der Waals surface area (Å²) in [4.78, 5) is 10.5. The predicted molar refractivity (Wildman–Crippen MR) is 68.8 cm³/mol. The first kappa shape index (κ1) is 13.4. The van der Waals surface area contributed by atoms with Crippen molar-refractivity contribution in [2.45, 2.75) is 11.6 Å². The molecular formula is C11H20N4S. The van der Waals surface area contributed by atoms with Crippen molar-refractivity contribution in [1.29, 1.82) is 0 Å². The van der Waals surface area contributed by atoms with Crippen LogP contribution >= 0.6 is 11.8 Å². The van der Waals surface area contributed by atoms with Crippen molar-refractivity contribution in [3.05, 3.63) is 18.5 Å². The van der Waals surface area contributed by atoms with Crippen molar-refractivity contribution in [2.24, 2.45) is 0 Å². The Morgan fingerprint density at radius 2 is 2.00 bits per heavy atom. The molecule has 1 aromatic rings. The normalized spacial score (nSPS) is 10.9. The molecule has 0 spiro atoms. The van der Waals surface area contributed by atoms with Gasteiger partial charge in [-0.15, -0.1) is 0 Å². The minimum Gasteiger partial charge on any atom is -0.316 e. The average Bonchev–Trinajstić information content (AvgIpc) is 2.29. The van der Waals surface area contributed by atoms with Gasteiger partial charge in [-0.1, -0.05) is 11.8 Å². The molecule has 0 unspecified atom stereocenters. The SMILES string of the molecule is CN(C)CCCNCCSc1ncccn1. The molecule has 0 radical (unpaired) electrons. The van der Waals surface area contributed by atoms with E-state index >= 15 is 0 Å². The monoisotopic (exact) mass is 240 g/mol. The van der Waals surface area contributed by atoms with Crippen LogP contribution in [0.3, 0.4) is 0 Å². The van der Waals surface area contributed by atoms with E-state index in [-0.39, 0.29) is 0 Å². The van der Waals surface area contributed by atoms with E-state index in [4.69, 9.17) is 0 Å². The molecule has 0 atom stereocenters. The quantitative estimate of drug-likeness (QED) is 0.419. The largest absolute Gasteiger partial charge is 0.316 e. The van der Waals surface area contributed by atoms with E-state index in [0.717, 1.165) is 30.5 Å². The maximum Gasteiger partial charge on any atom is 0.187 e. The Balaban J connectivity index is 1.93. The van der Waals surface area contributed by atoms with Crippen LogP contribution in [0.4, 0.5) is 0 Å². The first-order chi connectivity index (χ1) is 7.79. The van der Waals surface area contributed by atoms with Crippen molar-refractivity contribution >= 4 is 11.8 Å². The van der Waals surface area contributed by atoms with Gasteiger partial charge in [0.2, 0.25) is 0 Å². The van der Waals surface area contributed by atoms with Crippen LogP contribution in [0.2, 0.25) is 0 Å². The van der Waals surface area contributed by atoms with Gasteiger partial charge in [0.25, 0.3) is 0 Å². The molecule has 90 valence electrons. The van der Waals surface area contributed by atoms with Crippen LogP contribution in [0.1, 0.15) is 6.42 Å². The van der Waals surface area contributed by atoms with Crippen LogP contribution < -0.4 is 5.32 Å². The summed E-state index contributed by atoms with van der Waals surface area (Å²) in [7, 11) is 4.20. The second kappa shape index (κ2) is 8.50.